The highest BCUT2D eigenvalue weighted by molar-refractivity contribution is 7.89. The number of nitrogens with zero attached hydrogens (tertiary/aromatic N) is 1. The van der Waals surface area contributed by atoms with Gasteiger partial charge in [-0.15, -0.1) is 12.4 Å². The summed E-state index contributed by atoms with van der Waals surface area (Å²) in [5.74, 6) is -0.0407. The van der Waals surface area contributed by atoms with E-state index in [1.54, 1.807) is 0 Å². The van der Waals surface area contributed by atoms with Gasteiger partial charge in [0.25, 0.3) is 0 Å². The van der Waals surface area contributed by atoms with E-state index in [0.717, 1.165) is 32.1 Å². The molecule has 1 atom stereocenters. The van der Waals surface area contributed by atoms with Crippen LogP contribution in [-0.2, 0) is 14.8 Å². The van der Waals surface area contributed by atoms with Gasteiger partial charge in [-0.3, -0.25) is 4.79 Å². The minimum Gasteiger partial charge on any atom is -0.352 e. The second kappa shape index (κ2) is 11.2. The van der Waals surface area contributed by atoms with Crippen LogP contribution in [0.5, 0.6) is 0 Å². The van der Waals surface area contributed by atoms with Crippen molar-refractivity contribution in [1.82, 2.24) is 9.62 Å². The molecule has 1 aliphatic rings. The number of sulfonamides is 1. The van der Waals surface area contributed by atoms with Crippen LogP contribution in [0.2, 0.25) is 0 Å². The first-order chi connectivity index (χ1) is 9.99. The molecule has 1 amide bonds. The minimum absolute atomic E-state index is 0. The third-order valence-corrected chi connectivity index (χ3v) is 5.78. The van der Waals surface area contributed by atoms with E-state index < -0.39 is 10.0 Å². The summed E-state index contributed by atoms with van der Waals surface area (Å²) in [7, 11) is -3.18. The largest absolute Gasteiger partial charge is 0.352 e. The molecule has 1 rings (SSSR count). The van der Waals surface area contributed by atoms with Crippen LogP contribution in [0.1, 0.15) is 51.9 Å². The second-order valence-electron chi connectivity index (χ2n) is 5.67. The van der Waals surface area contributed by atoms with Crippen molar-refractivity contribution in [2.75, 3.05) is 25.4 Å². The molecule has 1 fully saturated rings. The summed E-state index contributed by atoms with van der Waals surface area (Å²) >= 11 is 0. The molecule has 3 N–H and O–H groups in total. The zero-order valence-electron chi connectivity index (χ0n) is 13.4. The van der Waals surface area contributed by atoms with Gasteiger partial charge in [-0.1, -0.05) is 19.8 Å². The average molecular weight is 356 g/mol. The summed E-state index contributed by atoms with van der Waals surface area (Å²) in [6.07, 6.45) is 5.48. The number of unbranched alkanes of at least 4 members (excludes halogenated alkanes) is 1. The van der Waals surface area contributed by atoms with Crippen LogP contribution < -0.4 is 11.1 Å². The summed E-state index contributed by atoms with van der Waals surface area (Å²) in [5, 5.41) is 2.88. The molecule has 6 nitrogen and oxygen atoms in total. The maximum Gasteiger partial charge on any atom is 0.220 e. The molecule has 132 valence electrons. The molecule has 0 aromatic rings. The molecule has 22 heavy (non-hydrogen) atoms. The van der Waals surface area contributed by atoms with Crippen LogP contribution in [0.4, 0.5) is 0 Å². The van der Waals surface area contributed by atoms with Gasteiger partial charge in [0.1, 0.15) is 0 Å². The van der Waals surface area contributed by atoms with Crippen LogP contribution in [0.15, 0.2) is 0 Å². The van der Waals surface area contributed by atoms with Crippen molar-refractivity contribution in [1.29, 1.82) is 0 Å². The average Bonchev–Trinajstić information content (AvgIpc) is 2.98. The molecule has 1 heterocycles. The van der Waals surface area contributed by atoms with Crippen LogP contribution in [0, 0.1) is 0 Å². The minimum atomic E-state index is -3.18. The molecular formula is C14H30ClN3O3S. The number of carbonyl (C=O) groups is 1. The Morgan fingerprint density at radius 1 is 1.27 bits per heavy atom. The van der Waals surface area contributed by atoms with Crippen LogP contribution >= 0.6 is 12.4 Å². The van der Waals surface area contributed by atoms with Gasteiger partial charge >= 0.3 is 0 Å². The number of carbonyl (C=O) groups excluding carboxylic acids is 1. The van der Waals surface area contributed by atoms with E-state index in [-0.39, 0.29) is 36.5 Å². The van der Waals surface area contributed by atoms with E-state index in [1.165, 1.54) is 4.31 Å². The first-order valence-electron chi connectivity index (χ1n) is 7.97. The number of hydrogen-bond donors (Lipinski definition) is 2. The zero-order valence-corrected chi connectivity index (χ0v) is 15.1. The fourth-order valence-corrected chi connectivity index (χ4v) is 4.09. The third-order valence-electron chi connectivity index (χ3n) is 3.82. The van der Waals surface area contributed by atoms with E-state index >= 15 is 0 Å². The molecule has 8 heteroatoms. The van der Waals surface area contributed by atoms with Gasteiger partial charge in [0.15, 0.2) is 0 Å². The topological polar surface area (TPSA) is 92.5 Å². The highest BCUT2D eigenvalue weighted by Crippen LogP contribution is 2.14. The van der Waals surface area contributed by atoms with E-state index in [9.17, 15) is 13.2 Å². The fourth-order valence-electron chi connectivity index (χ4n) is 2.51. The van der Waals surface area contributed by atoms with E-state index in [1.807, 2.05) is 0 Å². The fraction of sp³-hybridized carbons (Fsp3) is 0.929. The maximum atomic E-state index is 12.0. The number of rotatable bonds is 10. The molecule has 1 unspecified atom stereocenters. The lowest BCUT2D eigenvalue weighted by atomic mass is 10.1. The van der Waals surface area contributed by atoms with Crippen molar-refractivity contribution < 1.29 is 13.2 Å². The van der Waals surface area contributed by atoms with Crippen molar-refractivity contribution in [2.24, 2.45) is 5.73 Å². The van der Waals surface area contributed by atoms with Gasteiger partial charge in [-0.2, -0.15) is 0 Å². The molecule has 0 spiro atoms. The molecule has 0 aromatic heterocycles. The van der Waals surface area contributed by atoms with Gasteiger partial charge in [0.05, 0.1) is 5.75 Å². The van der Waals surface area contributed by atoms with E-state index in [4.69, 9.17) is 5.73 Å². The maximum absolute atomic E-state index is 12.0. The molecule has 0 aromatic carbocycles. The van der Waals surface area contributed by atoms with E-state index in [2.05, 4.69) is 12.2 Å². The van der Waals surface area contributed by atoms with Crippen molar-refractivity contribution in [3.63, 3.8) is 0 Å². The monoisotopic (exact) mass is 355 g/mol. The Bertz CT molecular complexity index is 412. The molecule has 0 radical (unpaired) electrons. The number of amides is 1. The molecular weight excluding hydrogens is 326 g/mol. The highest BCUT2D eigenvalue weighted by Gasteiger charge is 2.24. The molecule has 0 bridgehead atoms. The first kappa shape index (κ1) is 21.6. The number of halogens is 1. The van der Waals surface area contributed by atoms with Crippen LogP contribution in [0.25, 0.3) is 0 Å². The highest BCUT2D eigenvalue weighted by atomic mass is 35.5. The lowest BCUT2D eigenvalue weighted by Crippen LogP contribution is -2.40. The van der Waals surface area contributed by atoms with Crippen molar-refractivity contribution in [3.8, 4) is 0 Å². The summed E-state index contributed by atoms with van der Waals surface area (Å²) in [5.41, 5.74) is 5.63. The smallest absolute Gasteiger partial charge is 0.220 e. The van der Waals surface area contributed by atoms with Gasteiger partial charge < -0.3 is 11.1 Å². The normalized spacial score (nSPS) is 17.0. The Labute approximate surface area is 140 Å². The van der Waals surface area contributed by atoms with Gasteiger partial charge in [-0.05, 0) is 25.7 Å². The summed E-state index contributed by atoms with van der Waals surface area (Å²) in [4.78, 5) is 11.8. The predicted molar refractivity (Wildman–Crippen MR) is 91.6 cm³/mol. The van der Waals surface area contributed by atoms with E-state index in [0.29, 0.717) is 26.1 Å². The Balaban J connectivity index is 0.00000441. The summed E-state index contributed by atoms with van der Waals surface area (Å²) in [6, 6.07) is 0.00707. The Kier molecular flexibility index (Phi) is 11.0. The Morgan fingerprint density at radius 3 is 2.45 bits per heavy atom. The lowest BCUT2D eigenvalue weighted by Gasteiger charge is -2.17. The third kappa shape index (κ3) is 7.76. The van der Waals surface area contributed by atoms with Crippen molar-refractivity contribution in [3.05, 3.63) is 0 Å². The molecule has 1 aliphatic heterocycles. The van der Waals surface area contributed by atoms with Gasteiger partial charge in [0.2, 0.25) is 15.9 Å². The van der Waals surface area contributed by atoms with Crippen LogP contribution in [-0.4, -0.2) is 50.1 Å². The summed E-state index contributed by atoms with van der Waals surface area (Å²) in [6.45, 7) is 3.78. The molecule has 0 saturated carbocycles. The molecule has 0 aliphatic carbocycles. The van der Waals surface area contributed by atoms with Crippen molar-refractivity contribution >= 4 is 28.3 Å². The second-order valence-corrected chi connectivity index (χ2v) is 7.76. The first-order valence-corrected chi connectivity index (χ1v) is 9.57. The Morgan fingerprint density at radius 2 is 1.91 bits per heavy atom. The number of nitrogens with two attached hydrogens (primary N) is 1. The standard InChI is InChI=1S/C14H29N3O3S.ClH/c1-2-3-7-13(12-15)16-14(18)8-6-11-21(19,20)17-9-4-5-10-17;/h13H,2-12,15H2,1H3,(H,16,18);1H. The van der Waals surface area contributed by atoms with Crippen LogP contribution in [0.3, 0.4) is 0 Å². The SMILES string of the molecule is CCCCC(CN)NC(=O)CCCS(=O)(=O)N1CCCC1.Cl. The van der Waals surface area contributed by atoms with Gasteiger partial charge in [0, 0.05) is 32.1 Å². The number of hydrogen-bond acceptors (Lipinski definition) is 4. The quantitative estimate of drug-likeness (QED) is 0.616. The summed E-state index contributed by atoms with van der Waals surface area (Å²) < 4.78 is 25.6. The van der Waals surface area contributed by atoms with Gasteiger partial charge in [-0.25, -0.2) is 12.7 Å². The van der Waals surface area contributed by atoms with Crippen molar-refractivity contribution in [2.45, 2.75) is 57.9 Å². The predicted octanol–water partition coefficient (Wildman–Crippen LogP) is 1.25. The Hall–Kier alpha value is -0.370. The lowest BCUT2D eigenvalue weighted by molar-refractivity contribution is -0.121. The number of nitrogens with one attached hydrogen (secondary N) is 1. The zero-order chi connectivity index (χ0) is 15.7. The molecule has 1 saturated heterocycles.